The maximum Gasteiger partial charge on any atom is 0.335 e. The van der Waals surface area contributed by atoms with Crippen molar-refractivity contribution in [2.75, 3.05) is 23.4 Å². The largest absolute Gasteiger partial charge is 0.490 e. The molecule has 0 radical (unpaired) electrons. The molecule has 0 atom stereocenters. The second kappa shape index (κ2) is 11.6. The molecule has 1 saturated heterocycles. The van der Waals surface area contributed by atoms with Gasteiger partial charge in [-0.1, -0.05) is 41.9 Å². The number of carbonyl (C=O) groups is 4. The Hall–Kier alpha value is -4.63. The Labute approximate surface area is 224 Å². The first-order chi connectivity index (χ1) is 18.3. The molecule has 10 heteroatoms. The highest BCUT2D eigenvalue weighted by atomic mass is 35.5. The van der Waals surface area contributed by atoms with Crippen molar-refractivity contribution in [3.63, 3.8) is 0 Å². The highest BCUT2D eigenvalue weighted by Crippen LogP contribution is 2.32. The third-order valence-corrected chi connectivity index (χ3v) is 5.99. The van der Waals surface area contributed by atoms with Crippen LogP contribution in [-0.2, 0) is 14.4 Å². The number of ether oxygens (including phenoxy) is 2. The third kappa shape index (κ3) is 5.84. The van der Waals surface area contributed by atoms with Gasteiger partial charge in [0, 0.05) is 10.7 Å². The summed E-state index contributed by atoms with van der Waals surface area (Å²) in [4.78, 5) is 51.5. The summed E-state index contributed by atoms with van der Waals surface area (Å²) in [6, 6.07) is 17.7. The molecular weight excluding hydrogens is 510 g/mol. The summed E-state index contributed by atoms with van der Waals surface area (Å²) < 4.78 is 11.3. The summed E-state index contributed by atoms with van der Waals surface area (Å²) in [5.74, 6) is -1.35. The van der Waals surface area contributed by atoms with Crippen LogP contribution in [0.3, 0.4) is 0 Å². The van der Waals surface area contributed by atoms with Crippen LogP contribution in [0, 0.1) is 6.92 Å². The minimum atomic E-state index is -0.866. The van der Waals surface area contributed by atoms with Gasteiger partial charge in [-0.2, -0.15) is 0 Å². The van der Waals surface area contributed by atoms with Crippen molar-refractivity contribution in [3.05, 3.63) is 88.5 Å². The average molecular weight is 534 g/mol. The highest BCUT2D eigenvalue weighted by Gasteiger charge is 2.37. The molecule has 0 saturated carbocycles. The van der Waals surface area contributed by atoms with Crippen LogP contribution in [-0.4, -0.2) is 37.0 Å². The number of imide groups is 2. The third-order valence-electron chi connectivity index (χ3n) is 5.58. The summed E-state index contributed by atoms with van der Waals surface area (Å²) in [5.41, 5.74) is 1.63. The monoisotopic (exact) mass is 533 g/mol. The number of hydrogen-bond acceptors (Lipinski definition) is 6. The van der Waals surface area contributed by atoms with Gasteiger partial charge in [0.1, 0.15) is 5.57 Å². The van der Waals surface area contributed by atoms with Crippen molar-refractivity contribution in [3.8, 4) is 11.5 Å². The molecule has 9 nitrogen and oxygen atoms in total. The maximum absolute atomic E-state index is 13.3. The fraction of sp³-hybridized carbons (Fsp3) is 0.143. The minimum absolute atomic E-state index is 0.248. The van der Waals surface area contributed by atoms with E-state index in [1.54, 1.807) is 74.5 Å². The number of benzene rings is 3. The van der Waals surface area contributed by atoms with Gasteiger partial charge in [-0.15, -0.1) is 0 Å². The smallest absolute Gasteiger partial charge is 0.335 e. The number of nitrogens with zero attached hydrogens (tertiary/aromatic N) is 1. The molecule has 0 unspecified atom stereocenters. The topological polar surface area (TPSA) is 114 Å². The summed E-state index contributed by atoms with van der Waals surface area (Å²) in [6.45, 7) is 3.51. The fourth-order valence-corrected chi connectivity index (χ4v) is 3.91. The lowest BCUT2D eigenvalue weighted by Crippen LogP contribution is -2.54. The number of anilines is 2. The predicted molar refractivity (Wildman–Crippen MR) is 143 cm³/mol. The molecule has 0 aliphatic carbocycles. The Morgan fingerprint density at radius 2 is 1.76 bits per heavy atom. The van der Waals surface area contributed by atoms with E-state index in [9.17, 15) is 19.2 Å². The summed E-state index contributed by atoms with van der Waals surface area (Å²) in [6.07, 6.45) is 1.35. The SMILES string of the molecule is CCOc1cc(/C=C2\C(=O)NC(=O)N(c3cccc(Cl)c3C)C2=O)ccc1OCC(=O)Nc1ccccc1. The predicted octanol–water partition coefficient (Wildman–Crippen LogP) is 4.73. The van der Waals surface area contributed by atoms with Gasteiger partial charge in [0.2, 0.25) is 0 Å². The zero-order chi connectivity index (χ0) is 27.2. The first-order valence-corrected chi connectivity index (χ1v) is 12.1. The van der Waals surface area contributed by atoms with Crippen molar-refractivity contribution in [2.24, 2.45) is 0 Å². The van der Waals surface area contributed by atoms with E-state index in [0.29, 0.717) is 39.9 Å². The van der Waals surface area contributed by atoms with Gasteiger partial charge in [0.05, 0.1) is 12.3 Å². The van der Waals surface area contributed by atoms with Crippen LogP contribution in [0.4, 0.5) is 16.2 Å². The van der Waals surface area contributed by atoms with Crippen LogP contribution in [0.1, 0.15) is 18.1 Å². The van der Waals surface area contributed by atoms with Crippen molar-refractivity contribution in [1.82, 2.24) is 5.32 Å². The number of para-hydroxylation sites is 1. The van der Waals surface area contributed by atoms with Crippen molar-refractivity contribution >= 4 is 52.8 Å². The van der Waals surface area contributed by atoms with E-state index in [1.165, 1.54) is 6.08 Å². The zero-order valence-corrected chi connectivity index (χ0v) is 21.4. The highest BCUT2D eigenvalue weighted by molar-refractivity contribution is 6.40. The number of rotatable bonds is 8. The van der Waals surface area contributed by atoms with Gasteiger partial charge in [-0.3, -0.25) is 19.7 Å². The van der Waals surface area contributed by atoms with Crippen LogP contribution in [0.2, 0.25) is 5.02 Å². The van der Waals surface area contributed by atoms with E-state index in [2.05, 4.69) is 10.6 Å². The normalized spacial score (nSPS) is 14.3. The quantitative estimate of drug-likeness (QED) is 0.319. The minimum Gasteiger partial charge on any atom is -0.490 e. The van der Waals surface area contributed by atoms with E-state index in [4.69, 9.17) is 21.1 Å². The lowest BCUT2D eigenvalue weighted by molar-refractivity contribution is -0.122. The number of barbiturate groups is 1. The molecule has 2 N–H and O–H groups in total. The van der Waals surface area contributed by atoms with Gasteiger partial charge < -0.3 is 14.8 Å². The summed E-state index contributed by atoms with van der Waals surface area (Å²) in [5, 5.41) is 5.30. The average Bonchev–Trinajstić information content (AvgIpc) is 2.89. The van der Waals surface area contributed by atoms with Crippen LogP contribution in [0.5, 0.6) is 11.5 Å². The van der Waals surface area contributed by atoms with Crippen LogP contribution < -0.4 is 25.0 Å². The number of halogens is 1. The first-order valence-electron chi connectivity index (χ1n) is 11.7. The molecular formula is C28H24ClN3O6. The molecule has 1 aliphatic heterocycles. The lowest BCUT2D eigenvalue weighted by Gasteiger charge is -2.27. The van der Waals surface area contributed by atoms with Crippen LogP contribution in [0.15, 0.2) is 72.3 Å². The lowest BCUT2D eigenvalue weighted by atomic mass is 10.1. The van der Waals surface area contributed by atoms with E-state index in [1.807, 2.05) is 6.07 Å². The number of hydrogen-bond donors (Lipinski definition) is 2. The molecule has 4 rings (SSSR count). The first kappa shape index (κ1) is 26.4. The van der Waals surface area contributed by atoms with Crippen LogP contribution in [0.25, 0.3) is 6.08 Å². The van der Waals surface area contributed by atoms with Crippen LogP contribution >= 0.6 is 11.6 Å². The van der Waals surface area contributed by atoms with Gasteiger partial charge in [-0.05, 0) is 67.4 Å². The molecule has 0 spiro atoms. The Morgan fingerprint density at radius 1 is 1.00 bits per heavy atom. The second-order valence-corrected chi connectivity index (χ2v) is 8.59. The fourth-order valence-electron chi connectivity index (χ4n) is 3.75. The number of amides is 5. The number of carbonyl (C=O) groups excluding carboxylic acids is 4. The van der Waals surface area contributed by atoms with E-state index >= 15 is 0 Å². The van der Waals surface area contributed by atoms with E-state index in [-0.39, 0.29) is 23.8 Å². The van der Waals surface area contributed by atoms with Crippen molar-refractivity contribution in [1.29, 1.82) is 0 Å². The molecule has 0 aromatic heterocycles. The van der Waals surface area contributed by atoms with Crippen molar-refractivity contribution < 1.29 is 28.7 Å². The number of nitrogens with one attached hydrogen (secondary N) is 2. The van der Waals surface area contributed by atoms with Crippen molar-refractivity contribution in [2.45, 2.75) is 13.8 Å². The molecule has 1 heterocycles. The van der Waals surface area contributed by atoms with Gasteiger partial charge >= 0.3 is 6.03 Å². The van der Waals surface area contributed by atoms with E-state index in [0.717, 1.165) is 4.90 Å². The maximum atomic E-state index is 13.3. The molecule has 38 heavy (non-hydrogen) atoms. The van der Waals surface area contributed by atoms with Gasteiger partial charge in [-0.25, -0.2) is 9.69 Å². The summed E-state index contributed by atoms with van der Waals surface area (Å²) >= 11 is 6.17. The zero-order valence-electron chi connectivity index (χ0n) is 20.6. The standard InChI is InChI=1S/C28H24ClN3O6/c1-3-37-24-15-18(12-13-23(24)38-16-25(33)30-19-8-5-4-6-9-19)14-20-26(34)31-28(36)32(27(20)35)22-11-7-10-21(29)17(22)2/h4-15H,3,16H2,1-2H3,(H,30,33)(H,31,34,36)/b20-14+. The molecule has 1 fully saturated rings. The Morgan fingerprint density at radius 3 is 2.50 bits per heavy atom. The van der Waals surface area contributed by atoms with Gasteiger partial charge in [0.15, 0.2) is 18.1 Å². The molecule has 5 amide bonds. The van der Waals surface area contributed by atoms with E-state index < -0.39 is 17.8 Å². The molecule has 3 aromatic rings. The number of urea groups is 1. The van der Waals surface area contributed by atoms with Gasteiger partial charge in [0.25, 0.3) is 17.7 Å². The molecule has 0 bridgehead atoms. The Kier molecular flexibility index (Phi) is 8.08. The molecule has 1 aliphatic rings. The molecule has 3 aromatic carbocycles. The Balaban J connectivity index is 1.56. The Bertz CT molecular complexity index is 1440. The summed E-state index contributed by atoms with van der Waals surface area (Å²) in [7, 11) is 0. The molecule has 194 valence electrons. The second-order valence-electron chi connectivity index (χ2n) is 8.18.